The lowest BCUT2D eigenvalue weighted by molar-refractivity contribution is 0.0558. The first-order valence-electron chi connectivity index (χ1n) is 11.0. The van der Waals surface area contributed by atoms with Crippen LogP contribution in [0, 0.1) is 0 Å². The fourth-order valence-electron chi connectivity index (χ4n) is 4.38. The van der Waals surface area contributed by atoms with Crippen molar-refractivity contribution in [1.82, 2.24) is 0 Å². The molecule has 0 amide bonds. The van der Waals surface area contributed by atoms with E-state index in [1.165, 1.54) is 16.8 Å². The summed E-state index contributed by atoms with van der Waals surface area (Å²) in [5.74, 6) is 0.878. The molecule has 3 aromatic carbocycles. The van der Waals surface area contributed by atoms with Crippen LogP contribution in [0.4, 0.5) is 5.69 Å². The maximum absolute atomic E-state index is 6.30. The monoisotopic (exact) mass is 447 g/mol. The van der Waals surface area contributed by atoms with Crippen molar-refractivity contribution in [1.29, 1.82) is 0 Å². The Bertz CT molecular complexity index is 1100. The Morgan fingerprint density at radius 1 is 1.00 bits per heavy atom. The number of rotatable bonds is 7. The molecule has 32 heavy (non-hydrogen) atoms. The molecule has 0 aliphatic carbocycles. The van der Waals surface area contributed by atoms with E-state index < -0.39 is 0 Å². The minimum atomic E-state index is -0.154. The molecule has 0 N–H and O–H groups in total. The third-order valence-corrected chi connectivity index (χ3v) is 6.28. The molecule has 0 aromatic heterocycles. The van der Waals surface area contributed by atoms with Crippen LogP contribution in [0.25, 0.3) is 17.2 Å². The van der Waals surface area contributed by atoms with Crippen LogP contribution in [0.1, 0.15) is 31.9 Å². The molecule has 0 radical (unpaired) electrons. The Hall–Kier alpha value is -2.75. The van der Waals surface area contributed by atoms with Crippen LogP contribution in [0.15, 0.2) is 72.8 Å². The standard InChI is InChI=1S/C28H30ClNO2/c1-20(32-18-16-21-9-12-24(29)13-10-21)30-26-14-11-22(19-23(26)15-17-28(30,2)3)25-7-5-6-8-27(25)31-4/h5-15,17,19-20H,16,18H2,1-4H3. The van der Waals surface area contributed by atoms with Crippen LogP contribution < -0.4 is 9.64 Å². The smallest absolute Gasteiger partial charge is 0.127 e. The number of anilines is 1. The fourth-order valence-corrected chi connectivity index (χ4v) is 4.51. The summed E-state index contributed by atoms with van der Waals surface area (Å²) < 4.78 is 11.9. The fraction of sp³-hybridized carbons (Fsp3) is 0.286. The largest absolute Gasteiger partial charge is 0.496 e. The van der Waals surface area contributed by atoms with E-state index in [1.807, 2.05) is 30.3 Å². The van der Waals surface area contributed by atoms with Crippen molar-refractivity contribution in [2.24, 2.45) is 0 Å². The first kappa shape index (κ1) is 22.4. The molecule has 3 aromatic rings. The highest BCUT2D eigenvalue weighted by Gasteiger charge is 2.33. The van der Waals surface area contributed by atoms with Crippen molar-refractivity contribution >= 4 is 23.4 Å². The van der Waals surface area contributed by atoms with Gasteiger partial charge in [-0.1, -0.05) is 60.2 Å². The van der Waals surface area contributed by atoms with E-state index in [9.17, 15) is 0 Å². The quantitative estimate of drug-likeness (QED) is 0.381. The van der Waals surface area contributed by atoms with Crippen molar-refractivity contribution in [3.63, 3.8) is 0 Å². The van der Waals surface area contributed by atoms with Gasteiger partial charge in [-0.2, -0.15) is 0 Å². The van der Waals surface area contributed by atoms with E-state index in [-0.39, 0.29) is 11.8 Å². The van der Waals surface area contributed by atoms with Crippen molar-refractivity contribution in [3.05, 3.63) is 89.0 Å². The van der Waals surface area contributed by atoms with E-state index in [0.29, 0.717) is 6.61 Å². The average molecular weight is 448 g/mol. The second-order valence-corrected chi connectivity index (χ2v) is 9.11. The van der Waals surface area contributed by atoms with E-state index >= 15 is 0 Å². The lowest BCUT2D eigenvalue weighted by Crippen LogP contribution is -2.50. The summed E-state index contributed by atoms with van der Waals surface area (Å²) in [5, 5.41) is 0.758. The number of fused-ring (bicyclic) bond motifs is 1. The Kier molecular flexibility index (Phi) is 6.59. The molecular weight excluding hydrogens is 418 g/mol. The molecule has 1 unspecified atom stereocenters. The van der Waals surface area contributed by atoms with E-state index in [0.717, 1.165) is 28.3 Å². The van der Waals surface area contributed by atoms with Gasteiger partial charge in [0.25, 0.3) is 0 Å². The van der Waals surface area contributed by atoms with Crippen molar-refractivity contribution in [2.75, 3.05) is 18.6 Å². The Morgan fingerprint density at radius 2 is 1.75 bits per heavy atom. The molecule has 0 saturated carbocycles. The van der Waals surface area contributed by atoms with Crippen LogP contribution >= 0.6 is 11.6 Å². The van der Waals surface area contributed by atoms with Crippen molar-refractivity contribution < 1.29 is 9.47 Å². The normalized spacial score (nSPS) is 15.3. The van der Waals surface area contributed by atoms with E-state index in [1.54, 1.807) is 7.11 Å². The maximum atomic E-state index is 6.30. The third kappa shape index (κ3) is 4.69. The minimum Gasteiger partial charge on any atom is -0.496 e. The highest BCUT2D eigenvalue weighted by molar-refractivity contribution is 6.30. The predicted octanol–water partition coefficient (Wildman–Crippen LogP) is 7.23. The average Bonchev–Trinajstić information content (AvgIpc) is 2.79. The molecule has 1 heterocycles. The topological polar surface area (TPSA) is 21.7 Å². The highest BCUT2D eigenvalue weighted by atomic mass is 35.5. The molecule has 1 atom stereocenters. The molecule has 0 fully saturated rings. The van der Waals surface area contributed by atoms with Crippen molar-refractivity contribution in [2.45, 2.75) is 39.0 Å². The Balaban J connectivity index is 1.55. The summed E-state index contributed by atoms with van der Waals surface area (Å²) in [6.07, 6.45) is 5.25. The molecule has 4 rings (SSSR count). The van der Waals surface area contributed by atoms with Gasteiger partial charge in [0, 0.05) is 16.3 Å². The summed E-state index contributed by atoms with van der Waals surface area (Å²) in [6.45, 7) is 7.22. The first-order valence-corrected chi connectivity index (χ1v) is 11.4. The van der Waals surface area contributed by atoms with E-state index in [2.05, 4.69) is 74.2 Å². The van der Waals surface area contributed by atoms with Gasteiger partial charge < -0.3 is 14.4 Å². The number of methoxy groups -OCH3 is 1. The molecular formula is C28H30ClNO2. The number of nitrogens with zero attached hydrogens (tertiary/aromatic N) is 1. The molecule has 4 heteroatoms. The zero-order valence-corrected chi connectivity index (χ0v) is 19.9. The summed E-state index contributed by atoms with van der Waals surface area (Å²) >= 11 is 5.99. The first-order chi connectivity index (χ1) is 15.4. The van der Waals surface area contributed by atoms with Crippen molar-refractivity contribution in [3.8, 4) is 16.9 Å². The molecule has 0 bridgehead atoms. The molecule has 166 valence electrons. The number of hydrogen-bond donors (Lipinski definition) is 0. The molecule has 0 spiro atoms. The van der Waals surface area contributed by atoms with Gasteiger partial charge in [0.2, 0.25) is 0 Å². The molecule has 0 saturated heterocycles. The number of benzene rings is 3. The van der Waals surface area contributed by atoms with Gasteiger partial charge in [0.15, 0.2) is 0 Å². The molecule has 1 aliphatic rings. The van der Waals surface area contributed by atoms with Crippen LogP contribution in [0.2, 0.25) is 5.02 Å². The predicted molar refractivity (Wildman–Crippen MR) is 135 cm³/mol. The number of ether oxygens (including phenoxy) is 2. The SMILES string of the molecule is COc1ccccc1-c1ccc2c(c1)C=CC(C)(C)N2C(C)OCCc1ccc(Cl)cc1. The second-order valence-electron chi connectivity index (χ2n) is 8.68. The summed E-state index contributed by atoms with van der Waals surface area (Å²) in [5.41, 5.74) is 5.66. The van der Waals surface area contributed by atoms with Crippen LogP contribution in [-0.4, -0.2) is 25.5 Å². The zero-order chi connectivity index (χ0) is 22.7. The maximum Gasteiger partial charge on any atom is 0.127 e. The Morgan fingerprint density at radius 3 is 2.50 bits per heavy atom. The van der Waals surface area contributed by atoms with Crippen LogP contribution in [0.5, 0.6) is 5.75 Å². The number of halogens is 1. The van der Waals surface area contributed by atoms with Crippen LogP contribution in [0.3, 0.4) is 0 Å². The van der Waals surface area contributed by atoms with Gasteiger partial charge in [-0.3, -0.25) is 0 Å². The van der Waals surface area contributed by atoms with Crippen LogP contribution in [-0.2, 0) is 11.2 Å². The lowest BCUT2D eigenvalue weighted by atomic mass is 9.91. The summed E-state index contributed by atoms with van der Waals surface area (Å²) in [6, 6.07) is 22.7. The minimum absolute atomic E-state index is 0.0712. The second kappa shape index (κ2) is 9.40. The van der Waals surface area contributed by atoms with Gasteiger partial charge >= 0.3 is 0 Å². The molecule has 3 nitrogen and oxygen atoms in total. The van der Waals surface area contributed by atoms with Gasteiger partial charge in [-0.05, 0) is 74.2 Å². The van der Waals surface area contributed by atoms with Gasteiger partial charge in [-0.25, -0.2) is 0 Å². The lowest BCUT2D eigenvalue weighted by Gasteiger charge is -2.45. The molecule has 1 aliphatic heterocycles. The van der Waals surface area contributed by atoms with Gasteiger partial charge in [-0.15, -0.1) is 0 Å². The number of para-hydroxylation sites is 1. The zero-order valence-electron chi connectivity index (χ0n) is 19.1. The van der Waals surface area contributed by atoms with Gasteiger partial charge in [0.1, 0.15) is 12.0 Å². The Labute approximate surface area is 196 Å². The van der Waals surface area contributed by atoms with Gasteiger partial charge in [0.05, 0.1) is 19.3 Å². The summed E-state index contributed by atoms with van der Waals surface area (Å²) in [4.78, 5) is 2.36. The van der Waals surface area contributed by atoms with E-state index in [4.69, 9.17) is 21.1 Å². The summed E-state index contributed by atoms with van der Waals surface area (Å²) in [7, 11) is 1.71. The third-order valence-electron chi connectivity index (χ3n) is 6.02. The number of hydrogen-bond acceptors (Lipinski definition) is 3. The highest BCUT2D eigenvalue weighted by Crippen LogP contribution is 2.40.